The Kier molecular flexibility index (Phi) is 1.87. The second-order valence-electron chi connectivity index (χ2n) is 3.69. The number of ketones is 1. The van der Waals surface area contributed by atoms with Crippen LogP contribution in [0, 0.1) is 5.92 Å². The molecule has 2 fully saturated rings. The molecule has 1 aliphatic carbocycles. The van der Waals surface area contributed by atoms with Crippen molar-refractivity contribution in [3.05, 3.63) is 0 Å². The van der Waals surface area contributed by atoms with Crippen molar-refractivity contribution >= 4 is 11.7 Å². The van der Waals surface area contributed by atoms with E-state index in [2.05, 4.69) is 5.32 Å². The third-order valence-corrected chi connectivity index (χ3v) is 2.85. The Morgan fingerprint density at radius 1 is 1.33 bits per heavy atom. The highest BCUT2D eigenvalue weighted by Gasteiger charge is 2.34. The van der Waals surface area contributed by atoms with Gasteiger partial charge in [0.05, 0.1) is 6.04 Å². The third-order valence-electron chi connectivity index (χ3n) is 2.85. The Morgan fingerprint density at radius 2 is 2.08 bits per heavy atom. The molecule has 0 aromatic heterocycles. The summed E-state index contributed by atoms with van der Waals surface area (Å²) in [6, 6.07) is -0.150. The van der Waals surface area contributed by atoms with Gasteiger partial charge in [-0.05, 0) is 19.3 Å². The van der Waals surface area contributed by atoms with Gasteiger partial charge in [0.25, 0.3) is 0 Å². The predicted octanol–water partition coefficient (Wildman–Crippen LogP) is 0.634. The largest absolute Gasteiger partial charge is 0.346 e. The van der Waals surface area contributed by atoms with Gasteiger partial charge in [-0.1, -0.05) is 6.42 Å². The van der Waals surface area contributed by atoms with E-state index < -0.39 is 0 Å². The van der Waals surface area contributed by atoms with Crippen LogP contribution in [-0.4, -0.2) is 17.7 Å². The zero-order valence-electron chi connectivity index (χ0n) is 7.01. The van der Waals surface area contributed by atoms with E-state index in [0.29, 0.717) is 12.8 Å². The van der Waals surface area contributed by atoms with E-state index >= 15 is 0 Å². The van der Waals surface area contributed by atoms with E-state index in [0.717, 1.165) is 12.8 Å². The summed E-state index contributed by atoms with van der Waals surface area (Å²) in [4.78, 5) is 22.4. The molecule has 0 spiro atoms. The summed E-state index contributed by atoms with van der Waals surface area (Å²) >= 11 is 0. The Labute approximate surface area is 71.5 Å². The molecule has 12 heavy (non-hydrogen) atoms. The van der Waals surface area contributed by atoms with Crippen molar-refractivity contribution in [1.82, 2.24) is 5.32 Å². The minimum atomic E-state index is -0.150. The molecule has 3 nitrogen and oxygen atoms in total. The third kappa shape index (κ3) is 1.24. The van der Waals surface area contributed by atoms with Gasteiger partial charge in [0.1, 0.15) is 0 Å². The quantitative estimate of drug-likeness (QED) is 0.655. The zero-order chi connectivity index (χ0) is 8.55. The van der Waals surface area contributed by atoms with Crippen molar-refractivity contribution < 1.29 is 9.59 Å². The standard InChI is InChI=1S/C9H13NO2/c11-8-5-4-7(10-8)9(12)6-2-1-3-6/h6-7H,1-5H2,(H,10,11). The first-order valence-electron chi connectivity index (χ1n) is 4.60. The van der Waals surface area contributed by atoms with Crippen molar-refractivity contribution in [2.24, 2.45) is 5.92 Å². The molecule has 2 aliphatic rings. The summed E-state index contributed by atoms with van der Waals surface area (Å²) in [6.07, 6.45) is 4.49. The van der Waals surface area contributed by atoms with Gasteiger partial charge in [-0.3, -0.25) is 9.59 Å². The van der Waals surface area contributed by atoms with E-state index in [1.807, 2.05) is 0 Å². The molecule has 0 bridgehead atoms. The summed E-state index contributed by atoms with van der Waals surface area (Å²) in [5, 5.41) is 2.71. The molecular weight excluding hydrogens is 154 g/mol. The SMILES string of the molecule is O=C1CCC(C(=O)C2CCC2)N1. The Bertz CT molecular complexity index is 221. The predicted molar refractivity (Wildman–Crippen MR) is 43.5 cm³/mol. The number of rotatable bonds is 2. The maximum atomic E-state index is 11.6. The van der Waals surface area contributed by atoms with Crippen LogP contribution in [0.4, 0.5) is 0 Å². The van der Waals surface area contributed by atoms with Crippen LogP contribution in [0.15, 0.2) is 0 Å². The molecule has 1 amide bonds. The van der Waals surface area contributed by atoms with Crippen LogP contribution in [-0.2, 0) is 9.59 Å². The molecule has 1 saturated carbocycles. The minimum absolute atomic E-state index is 0.0349. The van der Waals surface area contributed by atoms with Gasteiger partial charge < -0.3 is 5.32 Å². The van der Waals surface area contributed by atoms with Crippen molar-refractivity contribution in [1.29, 1.82) is 0 Å². The summed E-state index contributed by atoms with van der Waals surface area (Å²) < 4.78 is 0. The number of amides is 1. The van der Waals surface area contributed by atoms with Crippen LogP contribution in [0.3, 0.4) is 0 Å². The van der Waals surface area contributed by atoms with Crippen molar-refractivity contribution in [2.75, 3.05) is 0 Å². The molecule has 1 aliphatic heterocycles. The first-order chi connectivity index (χ1) is 5.77. The van der Waals surface area contributed by atoms with Gasteiger partial charge in [-0.2, -0.15) is 0 Å². The van der Waals surface area contributed by atoms with Crippen LogP contribution >= 0.6 is 0 Å². The molecule has 1 N–H and O–H groups in total. The molecule has 1 heterocycles. The van der Waals surface area contributed by atoms with Crippen LogP contribution in [0.1, 0.15) is 32.1 Å². The highest BCUT2D eigenvalue weighted by molar-refractivity contribution is 5.93. The van der Waals surface area contributed by atoms with Gasteiger partial charge in [-0.25, -0.2) is 0 Å². The molecule has 2 rings (SSSR count). The summed E-state index contributed by atoms with van der Waals surface area (Å²) in [6.45, 7) is 0. The Balaban J connectivity index is 1.91. The molecule has 0 aromatic carbocycles. The normalized spacial score (nSPS) is 29.7. The number of nitrogens with one attached hydrogen (secondary N) is 1. The average Bonchev–Trinajstić information content (AvgIpc) is 2.31. The van der Waals surface area contributed by atoms with Crippen LogP contribution in [0.25, 0.3) is 0 Å². The van der Waals surface area contributed by atoms with E-state index in [9.17, 15) is 9.59 Å². The summed E-state index contributed by atoms with van der Waals surface area (Å²) in [5.41, 5.74) is 0. The van der Waals surface area contributed by atoms with Gasteiger partial charge >= 0.3 is 0 Å². The van der Waals surface area contributed by atoms with E-state index in [1.54, 1.807) is 0 Å². The first kappa shape index (κ1) is 7.77. The monoisotopic (exact) mass is 167 g/mol. The van der Waals surface area contributed by atoms with Gasteiger partial charge in [0.15, 0.2) is 5.78 Å². The average molecular weight is 167 g/mol. The van der Waals surface area contributed by atoms with Crippen molar-refractivity contribution in [3.63, 3.8) is 0 Å². The van der Waals surface area contributed by atoms with E-state index in [4.69, 9.17) is 0 Å². The highest BCUT2D eigenvalue weighted by Crippen LogP contribution is 2.29. The zero-order valence-corrected chi connectivity index (χ0v) is 7.01. The number of hydrogen-bond acceptors (Lipinski definition) is 2. The second-order valence-corrected chi connectivity index (χ2v) is 3.69. The molecular formula is C9H13NO2. The van der Waals surface area contributed by atoms with Crippen LogP contribution < -0.4 is 5.32 Å². The van der Waals surface area contributed by atoms with Crippen molar-refractivity contribution in [3.8, 4) is 0 Å². The van der Waals surface area contributed by atoms with E-state index in [-0.39, 0.29) is 23.7 Å². The fourth-order valence-corrected chi connectivity index (χ4v) is 1.80. The number of carbonyl (C=O) groups is 2. The first-order valence-corrected chi connectivity index (χ1v) is 4.60. The van der Waals surface area contributed by atoms with E-state index in [1.165, 1.54) is 6.42 Å². The van der Waals surface area contributed by atoms with Gasteiger partial charge in [0.2, 0.25) is 5.91 Å². The highest BCUT2D eigenvalue weighted by atomic mass is 16.2. The number of carbonyl (C=O) groups excluding carboxylic acids is 2. The lowest BCUT2D eigenvalue weighted by molar-refractivity contribution is -0.128. The second kappa shape index (κ2) is 2.88. The summed E-state index contributed by atoms with van der Waals surface area (Å²) in [7, 11) is 0. The van der Waals surface area contributed by atoms with Gasteiger partial charge in [-0.15, -0.1) is 0 Å². The number of Topliss-reactive ketones (excluding diaryl/α,β-unsaturated/α-hetero) is 1. The molecule has 1 unspecified atom stereocenters. The number of hydrogen-bond donors (Lipinski definition) is 1. The summed E-state index contributed by atoms with van der Waals surface area (Å²) in [5.74, 6) is 0.563. The lowest BCUT2D eigenvalue weighted by Crippen LogP contribution is -2.39. The fourth-order valence-electron chi connectivity index (χ4n) is 1.80. The molecule has 1 saturated heterocycles. The van der Waals surface area contributed by atoms with Crippen molar-refractivity contribution in [2.45, 2.75) is 38.1 Å². The topological polar surface area (TPSA) is 46.2 Å². The lowest BCUT2D eigenvalue weighted by Gasteiger charge is -2.26. The maximum Gasteiger partial charge on any atom is 0.220 e. The van der Waals surface area contributed by atoms with Crippen LogP contribution in [0.5, 0.6) is 0 Å². The molecule has 66 valence electrons. The fraction of sp³-hybridized carbons (Fsp3) is 0.778. The molecule has 3 heteroatoms. The molecule has 0 aromatic rings. The van der Waals surface area contributed by atoms with Gasteiger partial charge in [0, 0.05) is 12.3 Å². The minimum Gasteiger partial charge on any atom is -0.346 e. The lowest BCUT2D eigenvalue weighted by atomic mass is 9.79. The maximum absolute atomic E-state index is 11.6. The Hall–Kier alpha value is -0.860. The van der Waals surface area contributed by atoms with Crippen LogP contribution in [0.2, 0.25) is 0 Å². The smallest absolute Gasteiger partial charge is 0.220 e. The Morgan fingerprint density at radius 3 is 2.50 bits per heavy atom. The molecule has 1 atom stereocenters. The molecule has 0 radical (unpaired) electrons.